The topological polar surface area (TPSA) is 66.5 Å². The second kappa shape index (κ2) is 8.94. The third-order valence-electron chi connectivity index (χ3n) is 5.49. The van der Waals surface area contributed by atoms with E-state index in [1.54, 1.807) is 42.5 Å². The molecule has 162 valence electrons. The molecule has 1 N–H and O–H groups in total. The van der Waals surface area contributed by atoms with Crippen LogP contribution in [0.25, 0.3) is 0 Å². The van der Waals surface area contributed by atoms with Gasteiger partial charge >= 0.3 is 0 Å². The summed E-state index contributed by atoms with van der Waals surface area (Å²) in [6, 6.07) is 19.6. The molecule has 0 aliphatic heterocycles. The number of nitrogens with zero attached hydrogens (tertiary/aromatic N) is 1. The van der Waals surface area contributed by atoms with Crippen LogP contribution in [0, 0.1) is 20.8 Å². The minimum Gasteiger partial charge on any atom is -0.346 e. The van der Waals surface area contributed by atoms with Crippen LogP contribution in [0.2, 0.25) is 0 Å². The molecule has 0 aromatic heterocycles. The van der Waals surface area contributed by atoms with Crippen molar-refractivity contribution in [3.05, 3.63) is 94.5 Å². The monoisotopic (exact) mass is 436 g/mol. The van der Waals surface area contributed by atoms with Crippen molar-refractivity contribution in [3.63, 3.8) is 0 Å². The second-order valence-corrected chi connectivity index (χ2v) is 9.81. The van der Waals surface area contributed by atoms with Crippen LogP contribution in [-0.2, 0) is 10.0 Å². The van der Waals surface area contributed by atoms with E-state index in [2.05, 4.69) is 5.32 Å². The molecule has 3 rings (SSSR count). The van der Waals surface area contributed by atoms with Gasteiger partial charge in [-0.3, -0.25) is 9.10 Å². The molecular formula is C25H28N2O3S. The number of carbonyl (C=O) groups is 1. The van der Waals surface area contributed by atoms with E-state index in [-0.39, 0.29) is 16.8 Å². The van der Waals surface area contributed by atoms with Crippen LogP contribution < -0.4 is 9.62 Å². The summed E-state index contributed by atoms with van der Waals surface area (Å²) in [5, 5.41) is 3.01. The van der Waals surface area contributed by atoms with Crippen LogP contribution in [0.1, 0.15) is 45.6 Å². The van der Waals surface area contributed by atoms with E-state index < -0.39 is 10.0 Å². The molecule has 5 nitrogen and oxygen atoms in total. The average molecular weight is 437 g/mol. The molecule has 3 aromatic rings. The minimum absolute atomic E-state index is 0.174. The largest absolute Gasteiger partial charge is 0.346 e. The van der Waals surface area contributed by atoms with Crippen molar-refractivity contribution >= 4 is 21.6 Å². The number of benzene rings is 3. The van der Waals surface area contributed by atoms with Crippen LogP contribution in [0.4, 0.5) is 5.69 Å². The van der Waals surface area contributed by atoms with Gasteiger partial charge in [-0.1, -0.05) is 48.0 Å². The SMILES string of the molecule is Cc1ccc(S(=O)(=O)N(C)c2cc(C(=O)NC(C)c3ccccc3C)ccc2C)cc1. The van der Waals surface area contributed by atoms with E-state index in [4.69, 9.17) is 0 Å². The summed E-state index contributed by atoms with van der Waals surface area (Å²) in [5.41, 5.74) is 4.77. The number of hydrogen-bond donors (Lipinski definition) is 1. The van der Waals surface area contributed by atoms with Crippen molar-refractivity contribution in [2.75, 3.05) is 11.4 Å². The van der Waals surface area contributed by atoms with Gasteiger partial charge in [0.15, 0.2) is 0 Å². The fraction of sp³-hybridized carbons (Fsp3) is 0.240. The molecule has 0 aliphatic rings. The lowest BCUT2D eigenvalue weighted by molar-refractivity contribution is 0.0940. The Morgan fingerprint density at radius 3 is 2.19 bits per heavy atom. The van der Waals surface area contributed by atoms with Gasteiger partial charge in [0.1, 0.15) is 0 Å². The minimum atomic E-state index is -3.74. The van der Waals surface area contributed by atoms with Gasteiger partial charge in [-0.25, -0.2) is 8.42 Å². The lowest BCUT2D eigenvalue weighted by Crippen LogP contribution is -2.29. The molecule has 6 heteroatoms. The third-order valence-corrected chi connectivity index (χ3v) is 7.28. The van der Waals surface area contributed by atoms with Gasteiger partial charge in [0.05, 0.1) is 16.6 Å². The maximum Gasteiger partial charge on any atom is 0.264 e. The number of anilines is 1. The van der Waals surface area contributed by atoms with Crippen molar-refractivity contribution in [3.8, 4) is 0 Å². The average Bonchev–Trinajstić information content (AvgIpc) is 2.74. The van der Waals surface area contributed by atoms with Gasteiger partial charge in [-0.05, 0) is 68.7 Å². The zero-order valence-corrected chi connectivity index (χ0v) is 19.3. The van der Waals surface area contributed by atoms with E-state index in [0.717, 1.165) is 22.3 Å². The van der Waals surface area contributed by atoms with Crippen LogP contribution in [0.5, 0.6) is 0 Å². The molecule has 0 aliphatic carbocycles. The Balaban J connectivity index is 1.88. The van der Waals surface area contributed by atoms with Gasteiger partial charge < -0.3 is 5.32 Å². The van der Waals surface area contributed by atoms with E-state index >= 15 is 0 Å². The Morgan fingerprint density at radius 2 is 1.55 bits per heavy atom. The highest BCUT2D eigenvalue weighted by atomic mass is 32.2. The summed E-state index contributed by atoms with van der Waals surface area (Å²) in [5.74, 6) is -0.252. The van der Waals surface area contributed by atoms with Gasteiger partial charge in [-0.2, -0.15) is 0 Å². The fourth-order valence-corrected chi connectivity index (χ4v) is 4.77. The maximum absolute atomic E-state index is 13.1. The van der Waals surface area contributed by atoms with Crippen molar-refractivity contribution in [1.29, 1.82) is 0 Å². The number of rotatable bonds is 6. The number of sulfonamides is 1. The molecular weight excluding hydrogens is 408 g/mol. The van der Waals surface area contributed by atoms with Gasteiger partial charge in [0, 0.05) is 12.6 Å². The van der Waals surface area contributed by atoms with E-state index in [0.29, 0.717) is 11.3 Å². The summed E-state index contributed by atoms with van der Waals surface area (Å²) in [6.45, 7) is 7.68. The van der Waals surface area contributed by atoms with Crippen LogP contribution in [-0.4, -0.2) is 21.4 Å². The molecule has 0 saturated heterocycles. The summed E-state index contributed by atoms with van der Waals surface area (Å²) in [7, 11) is -2.23. The number of amides is 1. The first kappa shape index (κ1) is 22.6. The fourth-order valence-electron chi connectivity index (χ4n) is 3.52. The Morgan fingerprint density at radius 1 is 0.903 bits per heavy atom. The van der Waals surface area contributed by atoms with Crippen LogP contribution in [0.3, 0.4) is 0 Å². The predicted molar refractivity (Wildman–Crippen MR) is 125 cm³/mol. The van der Waals surface area contributed by atoms with Crippen molar-refractivity contribution in [2.45, 2.75) is 38.6 Å². The van der Waals surface area contributed by atoms with Gasteiger partial charge in [0.25, 0.3) is 15.9 Å². The first-order valence-corrected chi connectivity index (χ1v) is 11.6. The number of carbonyl (C=O) groups excluding carboxylic acids is 1. The summed E-state index contributed by atoms with van der Waals surface area (Å²) < 4.78 is 27.4. The standard InChI is InChI=1S/C25H28N2O3S/c1-17-10-14-22(15-11-17)31(29,30)27(5)24-16-21(13-12-19(24)3)25(28)26-20(4)23-9-7-6-8-18(23)2/h6-16,20H,1-5H3,(H,26,28). The Hall–Kier alpha value is -3.12. The molecule has 0 radical (unpaired) electrons. The quantitative estimate of drug-likeness (QED) is 0.596. The van der Waals surface area contributed by atoms with Crippen molar-refractivity contribution in [2.24, 2.45) is 0 Å². The van der Waals surface area contributed by atoms with Crippen molar-refractivity contribution < 1.29 is 13.2 Å². The van der Waals surface area contributed by atoms with Crippen LogP contribution in [0.15, 0.2) is 71.6 Å². The Kier molecular flexibility index (Phi) is 6.51. The maximum atomic E-state index is 13.1. The highest BCUT2D eigenvalue weighted by Crippen LogP contribution is 2.27. The Labute approximate surface area is 184 Å². The van der Waals surface area contributed by atoms with Gasteiger partial charge in [0.2, 0.25) is 0 Å². The second-order valence-electron chi connectivity index (χ2n) is 7.84. The van der Waals surface area contributed by atoms with E-state index in [1.807, 2.05) is 52.0 Å². The highest BCUT2D eigenvalue weighted by Gasteiger charge is 2.23. The summed E-state index contributed by atoms with van der Waals surface area (Å²) in [6.07, 6.45) is 0. The zero-order chi connectivity index (χ0) is 22.8. The molecule has 0 spiro atoms. The molecule has 0 heterocycles. The predicted octanol–water partition coefficient (Wildman–Crippen LogP) is 4.93. The smallest absolute Gasteiger partial charge is 0.264 e. The number of nitrogens with one attached hydrogen (secondary N) is 1. The highest BCUT2D eigenvalue weighted by molar-refractivity contribution is 7.92. The Bertz CT molecular complexity index is 1200. The molecule has 1 atom stereocenters. The molecule has 3 aromatic carbocycles. The zero-order valence-electron chi connectivity index (χ0n) is 18.5. The molecule has 1 unspecified atom stereocenters. The molecule has 0 saturated carbocycles. The van der Waals surface area contributed by atoms with E-state index in [1.165, 1.54) is 11.4 Å². The third kappa shape index (κ3) is 4.80. The summed E-state index contributed by atoms with van der Waals surface area (Å²) in [4.78, 5) is 13.1. The summed E-state index contributed by atoms with van der Waals surface area (Å²) >= 11 is 0. The molecule has 0 fully saturated rings. The van der Waals surface area contributed by atoms with Crippen molar-refractivity contribution in [1.82, 2.24) is 5.32 Å². The lowest BCUT2D eigenvalue weighted by Gasteiger charge is -2.23. The molecule has 31 heavy (non-hydrogen) atoms. The normalized spacial score (nSPS) is 12.3. The van der Waals surface area contributed by atoms with Crippen LogP contribution >= 0.6 is 0 Å². The number of aryl methyl sites for hydroxylation is 3. The molecule has 1 amide bonds. The first-order chi connectivity index (χ1) is 14.6. The van der Waals surface area contributed by atoms with E-state index in [9.17, 15) is 13.2 Å². The molecule has 0 bridgehead atoms. The lowest BCUT2D eigenvalue weighted by atomic mass is 10.0. The van der Waals surface area contributed by atoms with Gasteiger partial charge in [-0.15, -0.1) is 0 Å². The number of hydrogen-bond acceptors (Lipinski definition) is 3. The first-order valence-electron chi connectivity index (χ1n) is 10.1.